The van der Waals surface area contributed by atoms with Gasteiger partial charge in [0.05, 0.1) is 53.1 Å². The molecule has 0 aliphatic carbocycles. The van der Waals surface area contributed by atoms with Gasteiger partial charge in [-0.15, -0.1) is 5.10 Å². The standard InChI is InChI=1S/C32H32ClF3N8O6/c1-17-28(47)27(38-16-37-17)30(48)42-9-5-21(6-10-42)50-18(2)24-14-26(46)44-31(40-29(41-44)19-7-11-49-12-8-19)43(24)15-25(45)39-23-4-3-20(13-22(23)33)32(34,35)36/h3-4,7,13-14,16,18,21,47H,5-6,8-12,15H2,1-2H3,(H,39,45)/t18-/m1/s1. The van der Waals surface area contributed by atoms with Gasteiger partial charge in [0.15, 0.2) is 17.3 Å². The molecule has 4 aromatic rings. The van der Waals surface area contributed by atoms with Crippen LogP contribution in [0.3, 0.4) is 0 Å². The van der Waals surface area contributed by atoms with Gasteiger partial charge < -0.3 is 29.4 Å². The molecule has 14 nitrogen and oxygen atoms in total. The summed E-state index contributed by atoms with van der Waals surface area (Å²) >= 11 is 6.09. The smallest absolute Gasteiger partial charge is 0.416 e. The monoisotopic (exact) mass is 716 g/mol. The Balaban J connectivity index is 1.25. The van der Waals surface area contributed by atoms with Crippen molar-refractivity contribution in [1.82, 2.24) is 34.0 Å². The molecule has 0 radical (unpaired) electrons. The summed E-state index contributed by atoms with van der Waals surface area (Å²) in [5.74, 6) is -1.01. The predicted molar refractivity (Wildman–Crippen MR) is 173 cm³/mol. The minimum absolute atomic E-state index is 0.0335. The zero-order valence-electron chi connectivity index (χ0n) is 26.9. The van der Waals surface area contributed by atoms with Gasteiger partial charge in [-0.25, -0.2) is 9.97 Å². The molecular weight excluding hydrogens is 685 g/mol. The van der Waals surface area contributed by atoms with E-state index in [1.807, 2.05) is 6.08 Å². The maximum absolute atomic E-state index is 13.4. The Bertz CT molecular complexity index is 2040. The lowest BCUT2D eigenvalue weighted by atomic mass is 10.1. The molecule has 0 unspecified atom stereocenters. The van der Waals surface area contributed by atoms with Crippen molar-refractivity contribution in [2.75, 3.05) is 31.6 Å². The molecule has 0 bridgehead atoms. The molecule has 0 saturated carbocycles. The number of hydrogen-bond donors (Lipinski definition) is 2. The van der Waals surface area contributed by atoms with Gasteiger partial charge in [0.25, 0.3) is 11.5 Å². The molecule has 3 aromatic heterocycles. The van der Waals surface area contributed by atoms with E-state index in [-0.39, 0.29) is 39.9 Å². The Labute approximate surface area is 287 Å². The van der Waals surface area contributed by atoms with Crippen LogP contribution in [0, 0.1) is 6.92 Å². The minimum atomic E-state index is -4.62. The summed E-state index contributed by atoms with van der Waals surface area (Å²) in [6.45, 7) is 4.29. The number of carbonyl (C=O) groups is 2. The summed E-state index contributed by atoms with van der Waals surface area (Å²) in [5.41, 5.74) is -0.234. The first-order valence-electron chi connectivity index (χ1n) is 15.7. The maximum Gasteiger partial charge on any atom is 0.416 e. The van der Waals surface area contributed by atoms with Gasteiger partial charge in [-0.05, 0) is 56.9 Å². The number of aromatic nitrogens is 6. The molecule has 0 spiro atoms. The quantitative estimate of drug-likeness (QED) is 0.270. The average Bonchev–Trinajstić information content (AvgIpc) is 3.55. The van der Waals surface area contributed by atoms with Crippen LogP contribution in [0.5, 0.6) is 5.75 Å². The van der Waals surface area contributed by atoms with Gasteiger partial charge in [-0.2, -0.15) is 22.7 Å². The Hall–Kier alpha value is -4.87. The number of carbonyl (C=O) groups excluding carboxylic acids is 2. The number of likely N-dealkylation sites (tertiary alicyclic amines) is 1. The molecule has 264 valence electrons. The Morgan fingerprint density at radius 2 is 1.96 bits per heavy atom. The number of piperidine rings is 1. The van der Waals surface area contributed by atoms with Crippen LogP contribution in [0.25, 0.3) is 11.4 Å². The van der Waals surface area contributed by atoms with Crippen molar-refractivity contribution in [3.8, 4) is 5.75 Å². The fraction of sp³-hybridized carbons (Fsp3) is 0.406. The summed E-state index contributed by atoms with van der Waals surface area (Å²) in [6.07, 6.45) is -1.29. The van der Waals surface area contributed by atoms with E-state index in [1.54, 1.807) is 18.7 Å². The van der Waals surface area contributed by atoms with Gasteiger partial charge >= 0.3 is 6.18 Å². The first-order valence-corrected chi connectivity index (χ1v) is 16.1. The number of fused-ring (bicyclic) bond motifs is 1. The topological polar surface area (TPSA) is 166 Å². The number of amides is 2. The number of rotatable bonds is 8. The molecular formula is C32H32ClF3N8O6. The molecule has 2 aliphatic heterocycles. The second-order valence-electron chi connectivity index (χ2n) is 11.9. The molecule has 1 atom stereocenters. The lowest BCUT2D eigenvalue weighted by Gasteiger charge is -2.33. The number of alkyl halides is 3. The first-order chi connectivity index (χ1) is 23.8. The predicted octanol–water partition coefficient (Wildman–Crippen LogP) is 4.19. The van der Waals surface area contributed by atoms with Gasteiger partial charge in [0, 0.05) is 19.2 Å². The lowest BCUT2D eigenvalue weighted by molar-refractivity contribution is -0.137. The van der Waals surface area contributed by atoms with Gasteiger partial charge in [-0.1, -0.05) is 17.7 Å². The van der Waals surface area contributed by atoms with E-state index in [4.69, 9.17) is 21.1 Å². The molecule has 1 fully saturated rings. The molecule has 1 saturated heterocycles. The minimum Gasteiger partial charge on any atom is -0.504 e. The molecule has 2 amide bonds. The highest BCUT2D eigenvalue weighted by atomic mass is 35.5. The molecule has 5 heterocycles. The zero-order chi connectivity index (χ0) is 35.7. The molecule has 2 N–H and O–H groups in total. The van der Waals surface area contributed by atoms with Crippen molar-refractivity contribution >= 4 is 40.5 Å². The van der Waals surface area contributed by atoms with Gasteiger partial charge in [0.2, 0.25) is 11.7 Å². The average molecular weight is 717 g/mol. The maximum atomic E-state index is 13.4. The largest absolute Gasteiger partial charge is 0.504 e. The highest BCUT2D eigenvalue weighted by Gasteiger charge is 2.32. The number of nitrogens with zero attached hydrogens (tertiary/aromatic N) is 7. The van der Waals surface area contributed by atoms with E-state index in [1.165, 1.54) is 17.0 Å². The number of halogens is 4. The van der Waals surface area contributed by atoms with Crippen molar-refractivity contribution < 1.29 is 37.3 Å². The summed E-state index contributed by atoms with van der Waals surface area (Å²) in [6, 6.07) is 3.89. The van der Waals surface area contributed by atoms with Crippen LogP contribution < -0.4 is 10.9 Å². The second-order valence-corrected chi connectivity index (χ2v) is 12.3. The number of aromatic hydroxyl groups is 1. The fourth-order valence-electron chi connectivity index (χ4n) is 5.83. The molecule has 2 aliphatic rings. The molecule has 1 aromatic carbocycles. The summed E-state index contributed by atoms with van der Waals surface area (Å²) in [5, 5.41) is 16.9. The summed E-state index contributed by atoms with van der Waals surface area (Å²) in [7, 11) is 0. The van der Waals surface area contributed by atoms with E-state index in [0.29, 0.717) is 57.0 Å². The second kappa shape index (κ2) is 14.2. The highest BCUT2D eigenvalue weighted by molar-refractivity contribution is 6.33. The van der Waals surface area contributed by atoms with Crippen molar-refractivity contribution in [3.63, 3.8) is 0 Å². The lowest BCUT2D eigenvalue weighted by Crippen LogP contribution is -2.41. The van der Waals surface area contributed by atoms with Crippen LogP contribution in [0.1, 0.15) is 65.6 Å². The third kappa shape index (κ3) is 7.34. The molecule has 50 heavy (non-hydrogen) atoms. The third-order valence-electron chi connectivity index (χ3n) is 8.50. The number of nitrogens with one attached hydrogen (secondary N) is 1. The highest BCUT2D eigenvalue weighted by Crippen LogP contribution is 2.34. The normalized spacial score (nSPS) is 16.4. The zero-order valence-corrected chi connectivity index (χ0v) is 27.7. The van der Waals surface area contributed by atoms with Crippen LogP contribution in [-0.4, -0.2) is 83.4 Å². The van der Waals surface area contributed by atoms with Crippen LogP contribution >= 0.6 is 11.6 Å². The van der Waals surface area contributed by atoms with Crippen molar-refractivity contribution in [2.45, 2.75) is 58.0 Å². The number of anilines is 1. The molecule has 6 rings (SSSR count). The van der Waals surface area contributed by atoms with Crippen LogP contribution in [0.2, 0.25) is 5.02 Å². The summed E-state index contributed by atoms with van der Waals surface area (Å²) in [4.78, 5) is 53.8. The number of aryl methyl sites for hydroxylation is 1. The third-order valence-corrected chi connectivity index (χ3v) is 8.81. The van der Waals surface area contributed by atoms with Crippen molar-refractivity contribution in [1.29, 1.82) is 0 Å². The van der Waals surface area contributed by atoms with E-state index < -0.39 is 41.8 Å². The Kier molecular flexibility index (Phi) is 9.91. The number of benzene rings is 1. The van der Waals surface area contributed by atoms with E-state index in [0.717, 1.165) is 28.3 Å². The van der Waals surface area contributed by atoms with Crippen LogP contribution in [0.15, 0.2) is 41.5 Å². The van der Waals surface area contributed by atoms with E-state index >= 15 is 0 Å². The Morgan fingerprint density at radius 1 is 1.20 bits per heavy atom. The fourth-order valence-corrected chi connectivity index (χ4v) is 6.05. The van der Waals surface area contributed by atoms with E-state index in [9.17, 15) is 32.7 Å². The number of ether oxygens (including phenoxy) is 2. The number of hydrogen-bond acceptors (Lipinski definition) is 10. The van der Waals surface area contributed by atoms with Crippen molar-refractivity contribution in [2.24, 2.45) is 0 Å². The Morgan fingerprint density at radius 3 is 2.64 bits per heavy atom. The first kappa shape index (κ1) is 35.0. The van der Waals surface area contributed by atoms with Gasteiger partial charge in [0.1, 0.15) is 12.9 Å². The summed E-state index contributed by atoms with van der Waals surface area (Å²) < 4.78 is 53.8. The van der Waals surface area contributed by atoms with Crippen LogP contribution in [-0.2, 0) is 27.0 Å². The molecule has 18 heteroatoms. The van der Waals surface area contributed by atoms with Crippen LogP contribution in [0.4, 0.5) is 18.9 Å². The van der Waals surface area contributed by atoms with Crippen molar-refractivity contribution in [3.05, 3.63) is 80.5 Å². The van der Waals surface area contributed by atoms with Gasteiger partial charge in [-0.3, -0.25) is 14.4 Å². The van der Waals surface area contributed by atoms with E-state index in [2.05, 4.69) is 25.4 Å². The SMILES string of the molecule is Cc1ncnc(C(=O)N2CCC(O[C@H](C)c3cc(=O)n4nc(C5=CCOCC5)nc4n3CC(=O)Nc3ccc(C(F)(F)F)cc3Cl)CC2)c1O.